The van der Waals surface area contributed by atoms with Crippen molar-refractivity contribution in [2.75, 3.05) is 12.8 Å². The van der Waals surface area contributed by atoms with E-state index in [0.717, 1.165) is 5.56 Å². The quantitative estimate of drug-likeness (QED) is 0.786. The molecule has 0 fully saturated rings. The van der Waals surface area contributed by atoms with Crippen LogP contribution in [0.5, 0.6) is 0 Å². The van der Waals surface area contributed by atoms with Gasteiger partial charge in [-0.1, -0.05) is 23.9 Å². The van der Waals surface area contributed by atoms with Gasteiger partial charge in [0.05, 0.1) is 11.8 Å². The number of nitrogens with zero attached hydrogens (tertiary/aromatic N) is 5. The van der Waals surface area contributed by atoms with Gasteiger partial charge in [0.15, 0.2) is 0 Å². The molecule has 0 aliphatic heterocycles. The molecule has 0 unspecified atom stereocenters. The normalized spacial score (nSPS) is 12.2. The first-order valence-corrected chi connectivity index (χ1v) is 7.34. The molecule has 0 saturated heterocycles. The lowest BCUT2D eigenvalue weighted by molar-refractivity contribution is -0.128. The molecule has 0 spiro atoms. The maximum atomic E-state index is 12.9. The van der Waals surface area contributed by atoms with Crippen LogP contribution in [0.1, 0.15) is 18.5 Å². The van der Waals surface area contributed by atoms with Crippen LogP contribution in [0.25, 0.3) is 0 Å². The Bertz CT molecular complexity index is 615. The van der Waals surface area contributed by atoms with Crippen LogP contribution in [0.2, 0.25) is 0 Å². The summed E-state index contributed by atoms with van der Waals surface area (Å²) in [5.74, 6) is -0.0823. The Hall–Kier alpha value is -1.96. The first-order valence-electron chi connectivity index (χ1n) is 6.35. The van der Waals surface area contributed by atoms with Crippen LogP contribution in [-0.2, 0) is 11.8 Å². The van der Waals surface area contributed by atoms with Gasteiger partial charge in [0.1, 0.15) is 5.82 Å². The molecule has 1 atom stereocenters. The molecule has 0 bridgehead atoms. The van der Waals surface area contributed by atoms with Gasteiger partial charge in [0.25, 0.3) is 0 Å². The van der Waals surface area contributed by atoms with Crippen molar-refractivity contribution in [1.29, 1.82) is 0 Å². The minimum atomic E-state index is -0.287. The molecule has 2 rings (SSSR count). The van der Waals surface area contributed by atoms with E-state index in [0.29, 0.717) is 5.16 Å². The highest BCUT2D eigenvalue weighted by molar-refractivity contribution is 7.99. The maximum absolute atomic E-state index is 12.9. The van der Waals surface area contributed by atoms with Crippen LogP contribution in [0.3, 0.4) is 0 Å². The van der Waals surface area contributed by atoms with Crippen LogP contribution in [0.15, 0.2) is 29.4 Å². The fourth-order valence-electron chi connectivity index (χ4n) is 1.75. The Labute approximate surface area is 126 Å². The molecule has 1 heterocycles. The van der Waals surface area contributed by atoms with Crippen molar-refractivity contribution in [1.82, 2.24) is 25.1 Å². The molecule has 0 radical (unpaired) electrons. The third-order valence-corrected chi connectivity index (χ3v) is 4.23. The molecule has 2 aromatic rings. The molecule has 0 aliphatic carbocycles. The first-order chi connectivity index (χ1) is 9.99. The Kier molecular flexibility index (Phi) is 4.89. The Morgan fingerprint density at radius 3 is 2.67 bits per heavy atom. The average molecular weight is 309 g/mol. The average Bonchev–Trinajstić information content (AvgIpc) is 2.89. The fourth-order valence-corrected chi connectivity index (χ4v) is 2.53. The monoisotopic (exact) mass is 309 g/mol. The SMILES string of the molecule is C[C@H](c1ccc(F)cc1)N(C)C(=O)CSc1nnnn1C. The van der Waals surface area contributed by atoms with E-state index in [4.69, 9.17) is 0 Å². The number of tetrazole rings is 1. The third kappa shape index (κ3) is 3.78. The van der Waals surface area contributed by atoms with Crippen LogP contribution in [0.4, 0.5) is 4.39 Å². The van der Waals surface area contributed by atoms with Crippen molar-refractivity contribution in [2.45, 2.75) is 18.1 Å². The van der Waals surface area contributed by atoms with Crippen LogP contribution < -0.4 is 0 Å². The Balaban J connectivity index is 1.95. The first kappa shape index (κ1) is 15.4. The largest absolute Gasteiger partial charge is 0.338 e. The van der Waals surface area contributed by atoms with Crippen molar-refractivity contribution in [3.63, 3.8) is 0 Å². The molecule has 21 heavy (non-hydrogen) atoms. The summed E-state index contributed by atoms with van der Waals surface area (Å²) in [6.45, 7) is 1.90. The number of hydrogen-bond acceptors (Lipinski definition) is 5. The van der Waals surface area contributed by atoms with E-state index in [-0.39, 0.29) is 23.5 Å². The molecule has 6 nitrogen and oxygen atoms in total. The fraction of sp³-hybridized carbons (Fsp3) is 0.385. The number of aromatic nitrogens is 4. The second-order valence-corrected chi connectivity index (χ2v) is 5.55. The van der Waals surface area contributed by atoms with Gasteiger partial charge in [0, 0.05) is 14.1 Å². The van der Waals surface area contributed by atoms with Crippen LogP contribution in [-0.4, -0.2) is 43.8 Å². The predicted octanol–water partition coefficient (Wildman–Crippen LogP) is 1.66. The lowest BCUT2D eigenvalue weighted by atomic mass is 10.1. The minimum absolute atomic E-state index is 0.0418. The number of hydrogen-bond donors (Lipinski definition) is 0. The van der Waals surface area contributed by atoms with Gasteiger partial charge in [-0.15, -0.1) is 5.10 Å². The van der Waals surface area contributed by atoms with Gasteiger partial charge >= 0.3 is 0 Å². The van der Waals surface area contributed by atoms with Gasteiger partial charge in [-0.05, 0) is 35.0 Å². The minimum Gasteiger partial charge on any atom is -0.338 e. The van der Waals surface area contributed by atoms with Gasteiger partial charge in [-0.2, -0.15) is 0 Å². The van der Waals surface area contributed by atoms with Crippen molar-refractivity contribution in [3.05, 3.63) is 35.6 Å². The highest BCUT2D eigenvalue weighted by Gasteiger charge is 2.18. The molecule has 0 N–H and O–H groups in total. The summed E-state index contributed by atoms with van der Waals surface area (Å²) in [5, 5.41) is 11.6. The second-order valence-electron chi connectivity index (χ2n) is 4.61. The summed E-state index contributed by atoms with van der Waals surface area (Å²) in [7, 11) is 3.45. The van der Waals surface area contributed by atoms with E-state index in [1.54, 1.807) is 31.1 Å². The lowest BCUT2D eigenvalue weighted by Crippen LogP contribution is -2.31. The van der Waals surface area contributed by atoms with Crippen molar-refractivity contribution in [3.8, 4) is 0 Å². The maximum Gasteiger partial charge on any atom is 0.233 e. The van der Waals surface area contributed by atoms with E-state index < -0.39 is 0 Å². The van der Waals surface area contributed by atoms with E-state index in [9.17, 15) is 9.18 Å². The Morgan fingerprint density at radius 2 is 2.10 bits per heavy atom. The summed E-state index contributed by atoms with van der Waals surface area (Å²) in [6.07, 6.45) is 0. The van der Waals surface area contributed by atoms with Crippen molar-refractivity contribution in [2.24, 2.45) is 7.05 Å². The highest BCUT2D eigenvalue weighted by atomic mass is 32.2. The smallest absolute Gasteiger partial charge is 0.233 e. The molecule has 112 valence electrons. The number of thioether (sulfide) groups is 1. The van der Waals surface area contributed by atoms with E-state index in [1.165, 1.54) is 28.6 Å². The molecule has 1 aromatic carbocycles. The molecular weight excluding hydrogens is 293 g/mol. The van der Waals surface area contributed by atoms with Gasteiger partial charge in [-0.3, -0.25) is 4.79 Å². The number of carbonyl (C=O) groups excluding carboxylic acids is 1. The zero-order valence-electron chi connectivity index (χ0n) is 12.0. The van der Waals surface area contributed by atoms with Gasteiger partial charge in [-0.25, -0.2) is 9.07 Å². The van der Waals surface area contributed by atoms with Crippen molar-refractivity contribution < 1.29 is 9.18 Å². The molecule has 8 heteroatoms. The summed E-state index contributed by atoms with van der Waals surface area (Å²) in [4.78, 5) is 13.8. The number of amides is 1. The lowest BCUT2D eigenvalue weighted by Gasteiger charge is -2.25. The van der Waals surface area contributed by atoms with E-state index in [2.05, 4.69) is 15.5 Å². The summed E-state index contributed by atoms with van der Waals surface area (Å²) in [5.41, 5.74) is 0.887. The topological polar surface area (TPSA) is 63.9 Å². The molecule has 0 aliphatic rings. The van der Waals surface area contributed by atoms with E-state index in [1.807, 2.05) is 6.92 Å². The summed E-state index contributed by atoms with van der Waals surface area (Å²) < 4.78 is 14.4. The molecule has 0 saturated carbocycles. The zero-order chi connectivity index (χ0) is 15.4. The van der Waals surface area contributed by atoms with Gasteiger partial charge in [0.2, 0.25) is 11.1 Å². The van der Waals surface area contributed by atoms with E-state index >= 15 is 0 Å². The molecular formula is C13H16FN5OS. The molecule has 1 aromatic heterocycles. The summed E-state index contributed by atoms with van der Waals surface area (Å²) >= 11 is 1.28. The number of benzene rings is 1. The highest BCUT2D eigenvalue weighted by Crippen LogP contribution is 2.21. The molecule has 1 amide bonds. The predicted molar refractivity (Wildman–Crippen MR) is 77.1 cm³/mol. The van der Waals surface area contributed by atoms with Crippen LogP contribution in [0, 0.1) is 5.82 Å². The Morgan fingerprint density at radius 1 is 1.43 bits per heavy atom. The second kappa shape index (κ2) is 6.66. The van der Waals surface area contributed by atoms with Gasteiger partial charge < -0.3 is 4.90 Å². The number of carbonyl (C=O) groups is 1. The van der Waals surface area contributed by atoms with Crippen LogP contribution >= 0.6 is 11.8 Å². The number of aryl methyl sites for hydroxylation is 1. The summed E-state index contributed by atoms with van der Waals surface area (Å²) in [6, 6.07) is 6.03. The number of halogens is 1. The zero-order valence-corrected chi connectivity index (χ0v) is 12.8. The number of rotatable bonds is 5. The van der Waals surface area contributed by atoms with Crippen molar-refractivity contribution >= 4 is 17.7 Å². The third-order valence-electron chi connectivity index (χ3n) is 3.23. The standard InChI is InChI=1S/C13H16FN5OS/c1-9(10-4-6-11(14)7-5-10)18(2)12(20)8-21-13-15-16-17-19(13)3/h4-7,9H,8H2,1-3H3/t9-/m1/s1.